The number of amides is 2. The van der Waals surface area contributed by atoms with Crippen molar-refractivity contribution in [3.05, 3.63) is 87.1 Å². The first kappa shape index (κ1) is 26.2. The van der Waals surface area contributed by atoms with E-state index in [9.17, 15) is 14.0 Å². The summed E-state index contributed by atoms with van der Waals surface area (Å²) in [5.74, 6) is -0.223. The van der Waals surface area contributed by atoms with E-state index in [0.29, 0.717) is 32.2 Å². The molecule has 7 nitrogen and oxygen atoms in total. The molecule has 0 fully saturated rings. The molecule has 3 aromatic rings. The van der Waals surface area contributed by atoms with Crippen LogP contribution < -0.4 is 20.2 Å². The number of carbonyl (C=O) groups is 2. The van der Waals surface area contributed by atoms with Gasteiger partial charge in [0.25, 0.3) is 0 Å². The van der Waals surface area contributed by atoms with Gasteiger partial charge in [0.2, 0.25) is 11.8 Å². The topological polar surface area (TPSA) is 89.0 Å². The predicted molar refractivity (Wildman–Crippen MR) is 136 cm³/mol. The number of halogens is 3. The zero-order valence-electron chi connectivity index (χ0n) is 18.7. The highest BCUT2D eigenvalue weighted by molar-refractivity contribution is 9.10. The Kier molecular flexibility index (Phi) is 9.63. The van der Waals surface area contributed by atoms with Crippen LogP contribution in [-0.4, -0.2) is 25.1 Å². The minimum atomic E-state index is -0.429. The zero-order valence-corrected chi connectivity index (χ0v) is 21.0. The van der Waals surface area contributed by atoms with E-state index < -0.39 is 11.7 Å². The fourth-order valence-corrected chi connectivity index (χ4v) is 3.70. The molecule has 0 aliphatic rings. The van der Waals surface area contributed by atoms with Crippen LogP contribution in [0.5, 0.6) is 11.5 Å². The van der Waals surface area contributed by atoms with Gasteiger partial charge in [-0.1, -0.05) is 29.8 Å². The average Bonchev–Trinajstić information content (AvgIpc) is 2.84. The molecule has 3 aromatic carbocycles. The van der Waals surface area contributed by atoms with Gasteiger partial charge >= 0.3 is 0 Å². The van der Waals surface area contributed by atoms with Gasteiger partial charge in [-0.15, -0.1) is 0 Å². The van der Waals surface area contributed by atoms with Crippen molar-refractivity contribution in [2.24, 2.45) is 5.10 Å². The molecule has 0 bridgehead atoms. The number of nitrogens with zero attached hydrogens (tertiary/aromatic N) is 1. The molecule has 10 heteroatoms. The molecule has 182 valence electrons. The summed E-state index contributed by atoms with van der Waals surface area (Å²) in [7, 11) is 1.52. The van der Waals surface area contributed by atoms with Gasteiger partial charge in [0.05, 0.1) is 17.8 Å². The Bertz CT molecular complexity index is 1220. The van der Waals surface area contributed by atoms with Crippen molar-refractivity contribution >= 4 is 51.2 Å². The van der Waals surface area contributed by atoms with Gasteiger partial charge in [-0.3, -0.25) is 9.59 Å². The molecule has 0 saturated heterocycles. The molecule has 35 heavy (non-hydrogen) atoms. The predicted octanol–water partition coefficient (Wildman–Crippen LogP) is 5.70. The molecule has 0 radical (unpaired) electrons. The van der Waals surface area contributed by atoms with Crippen LogP contribution in [0.4, 0.5) is 10.1 Å². The fourth-order valence-electron chi connectivity index (χ4n) is 2.94. The standard InChI is InChI=1S/C25H22BrClFN3O4/c1-34-22-13-16(12-20(26)25(22)35-15-17-4-2-3-5-21(17)27)14-29-31-24(33)11-10-23(32)30-19-8-6-18(28)7-9-19/h2-9,12-14H,10-11,15H2,1H3,(H,30,32)(H,31,33). The SMILES string of the molecule is COc1cc(C=NNC(=O)CCC(=O)Nc2ccc(F)cc2)cc(Br)c1OCc1ccccc1Cl. The first-order chi connectivity index (χ1) is 16.9. The van der Waals surface area contributed by atoms with E-state index in [1.807, 2.05) is 18.2 Å². The molecule has 0 spiro atoms. The fraction of sp³-hybridized carbons (Fsp3) is 0.160. The first-order valence-electron chi connectivity index (χ1n) is 10.5. The Morgan fingerprint density at radius 1 is 1.09 bits per heavy atom. The zero-order chi connectivity index (χ0) is 25.2. The highest BCUT2D eigenvalue weighted by Gasteiger charge is 2.13. The summed E-state index contributed by atoms with van der Waals surface area (Å²) in [6.07, 6.45) is 1.34. The molecule has 0 aliphatic carbocycles. The summed E-state index contributed by atoms with van der Waals surface area (Å²) in [6, 6.07) is 16.2. The maximum atomic E-state index is 12.9. The maximum Gasteiger partial charge on any atom is 0.240 e. The number of hydrazone groups is 1. The Morgan fingerprint density at radius 2 is 1.80 bits per heavy atom. The molecular weight excluding hydrogens is 541 g/mol. The van der Waals surface area contributed by atoms with E-state index in [1.165, 1.54) is 37.6 Å². The van der Waals surface area contributed by atoms with Crippen molar-refractivity contribution in [1.29, 1.82) is 0 Å². The molecule has 2 N–H and O–H groups in total. The Labute approximate surface area is 215 Å². The van der Waals surface area contributed by atoms with E-state index in [0.717, 1.165) is 5.56 Å². The van der Waals surface area contributed by atoms with Crippen LogP contribution in [0.15, 0.2) is 70.2 Å². The highest BCUT2D eigenvalue weighted by atomic mass is 79.9. The second-order valence-corrected chi connectivity index (χ2v) is 8.52. The molecule has 3 rings (SSSR count). The normalized spacial score (nSPS) is 10.7. The lowest BCUT2D eigenvalue weighted by atomic mass is 10.2. The van der Waals surface area contributed by atoms with Crippen LogP contribution in [0, 0.1) is 5.82 Å². The van der Waals surface area contributed by atoms with Crippen LogP contribution in [0.25, 0.3) is 0 Å². The van der Waals surface area contributed by atoms with Gasteiger partial charge in [-0.25, -0.2) is 9.82 Å². The van der Waals surface area contributed by atoms with Gasteiger partial charge in [-0.05, 0) is 64.0 Å². The van der Waals surface area contributed by atoms with Gasteiger partial charge in [0, 0.05) is 29.1 Å². The average molecular weight is 563 g/mol. The first-order valence-corrected chi connectivity index (χ1v) is 11.6. The number of carbonyl (C=O) groups excluding carboxylic acids is 2. The summed E-state index contributed by atoms with van der Waals surface area (Å²) in [5.41, 5.74) is 4.32. The van der Waals surface area contributed by atoms with Crippen molar-refractivity contribution in [3.8, 4) is 11.5 Å². The van der Waals surface area contributed by atoms with E-state index in [-0.39, 0.29) is 25.4 Å². The maximum absolute atomic E-state index is 12.9. The van der Waals surface area contributed by atoms with Crippen LogP contribution in [0.1, 0.15) is 24.0 Å². The van der Waals surface area contributed by atoms with Crippen LogP contribution in [-0.2, 0) is 16.2 Å². The molecule has 0 unspecified atom stereocenters. The second-order valence-electron chi connectivity index (χ2n) is 7.26. The minimum Gasteiger partial charge on any atom is -0.493 e. The number of rotatable bonds is 10. The van der Waals surface area contributed by atoms with Gasteiger partial charge < -0.3 is 14.8 Å². The Balaban J connectivity index is 1.52. The van der Waals surface area contributed by atoms with E-state index in [1.54, 1.807) is 18.2 Å². The summed E-state index contributed by atoms with van der Waals surface area (Å²) in [5, 5.41) is 7.13. The smallest absolute Gasteiger partial charge is 0.240 e. The van der Waals surface area contributed by atoms with Gasteiger partial charge in [0.1, 0.15) is 12.4 Å². The molecule has 0 heterocycles. The van der Waals surface area contributed by atoms with E-state index >= 15 is 0 Å². The number of benzene rings is 3. The highest BCUT2D eigenvalue weighted by Crippen LogP contribution is 2.37. The van der Waals surface area contributed by atoms with Crippen molar-refractivity contribution < 1.29 is 23.5 Å². The number of ether oxygens (including phenoxy) is 2. The lowest BCUT2D eigenvalue weighted by Crippen LogP contribution is -2.20. The Hall–Kier alpha value is -3.43. The largest absolute Gasteiger partial charge is 0.493 e. The van der Waals surface area contributed by atoms with Crippen LogP contribution in [0.2, 0.25) is 5.02 Å². The number of nitrogens with one attached hydrogen (secondary N) is 2. The number of methoxy groups -OCH3 is 1. The summed E-state index contributed by atoms with van der Waals surface area (Å²) < 4.78 is 24.9. The molecular formula is C25H22BrClFN3O4. The van der Waals surface area contributed by atoms with Crippen LogP contribution >= 0.6 is 27.5 Å². The molecule has 0 atom stereocenters. The quantitative estimate of drug-likeness (QED) is 0.245. The molecule has 0 saturated carbocycles. The number of anilines is 1. The lowest BCUT2D eigenvalue weighted by Gasteiger charge is -2.14. The second kappa shape index (κ2) is 12.9. The van der Waals surface area contributed by atoms with Crippen molar-refractivity contribution in [2.75, 3.05) is 12.4 Å². The van der Waals surface area contributed by atoms with E-state index in [4.69, 9.17) is 21.1 Å². The lowest BCUT2D eigenvalue weighted by molar-refractivity contribution is -0.124. The molecule has 0 aromatic heterocycles. The van der Waals surface area contributed by atoms with Crippen molar-refractivity contribution in [1.82, 2.24) is 5.43 Å². The van der Waals surface area contributed by atoms with Crippen molar-refractivity contribution in [3.63, 3.8) is 0 Å². The van der Waals surface area contributed by atoms with Gasteiger partial charge in [0.15, 0.2) is 11.5 Å². The minimum absolute atomic E-state index is 0.0461. The molecule has 2 amide bonds. The third-order valence-corrected chi connectivity index (χ3v) is 5.65. The summed E-state index contributed by atoms with van der Waals surface area (Å²) >= 11 is 9.66. The van der Waals surface area contributed by atoms with Gasteiger partial charge in [-0.2, -0.15) is 5.10 Å². The van der Waals surface area contributed by atoms with Crippen LogP contribution in [0.3, 0.4) is 0 Å². The summed E-state index contributed by atoms with van der Waals surface area (Å²) in [4.78, 5) is 23.9. The third kappa shape index (κ3) is 8.08. The monoisotopic (exact) mass is 561 g/mol. The third-order valence-electron chi connectivity index (χ3n) is 4.69. The Morgan fingerprint density at radius 3 is 2.51 bits per heavy atom. The number of hydrogen-bond acceptors (Lipinski definition) is 5. The van der Waals surface area contributed by atoms with E-state index in [2.05, 4.69) is 31.8 Å². The number of hydrogen-bond donors (Lipinski definition) is 2. The van der Waals surface area contributed by atoms with Crippen molar-refractivity contribution in [2.45, 2.75) is 19.4 Å². The summed E-state index contributed by atoms with van der Waals surface area (Å²) in [6.45, 7) is 0.257. The molecule has 0 aliphatic heterocycles.